The lowest BCUT2D eigenvalue weighted by atomic mass is 10.2. The maximum Gasteiger partial charge on any atom is 0.251 e. The van der Waals surface area contributed by atoms with Gasteiger partial charge in [0.2, 0.25) is 5.91 Å². The van der Waals surface area contributed by atoms with E-state index in [2.05, 4.69) is 15.8 Å². The van der Waals surface area contributed by atoms with Crippen LogP contribution in [0.3, 0.4) is 0 Å². The number of nitrogens with zero attached hydrogens (tertiary/aromatic N) is 1. The first kappa shape index (κ1) is 23.2. The minimum atomic E-state index is -0.366. The van der Waals surface area contributed by atoms with Gasteiger partial charge in [0.05, 0.1) is 26.4 Å². The Kier molecular flexibility index (Phi) is 8.99. The largest absolute Gasteiger partial charge is 0.504 e. The number of hydrogen-bond donors (Lipinski definition) is 3. The highest BCUT2D eigenvalue weighted by atomic mass is 127. The van der Waals surface area contributed by atoms with Crippen molar-refractivity contribution in [3.63, 3.8) is 0 Å². The van der Waals surface area contributed by atoms with Gasteiger partial charge in [0, 0.05) is 18.5 Å². The van der Waals surface area contributed by atoms with Gasteiger partial charge in [0.25, 0.3) is 5.91 Å². The van der Waals surface area contributed by atoms with E-state index in [0.29, 0.717) is 32.1 Å². The van der Waals surface area contributed by atoms with Crippen LogP contribution in [0.15, 0.2) is 35.4 Å². The molecule has 0 aliphatic carbocycles. The quantitative estimate of drug-likeness (QED) is 0.263. The van der Waals surface area contributed by atoms with Gasteiger partial charge in [-0.05, 0) is 65.4 Å². The van der Waals surface area contributed by atoms with Crippen LogP contribution in [0, 0.1) is 3.57 Å². The summed E-state index contributed by atoms with van der Waals surface area (Å²) in [5.74, 6) is -0.320. The lowest BCUT2D eigenvalue weighted by molar-refractivity contribution is -0.120. The smallest absolute Gasteiger partial charge is 0.251 e. The van der Waals surface area contributed by atoms with Crippen LogP contribution in [0.25, 0.3) is 0 Å². The van der Waals surface area contributed by atoms with E-state index in [9.17, 15) is 14.7 Å². The molecule has 0 aliphatic heterocycles. The summed E-state index contributed by atoms with van der Waals surface area (Å²) in [4.78, 5) is 23.9. The molecule has 2 amide bonds. The zero-order valence-electron chi connectivity index (χ0n) is 15.3. The molecule has 0 fully saturated rings. The second-order valence-corrected chi connectivity index (χ2v) is 7.69. The first-order valence-electron chi connectivity index (χ1n) is 8.52. The van der Waals surface area contributed by atoms with Crippen molar-refractivity contribution in [2.24, 2.45) is 5.10 Å². The summed E-state index contributed by atoms with van der Waals surface area (Å²) < 4.78 is 5.95. The number of ether oxygens (including phenoxy) is 1. The van der Waals surface area contributed by atoms with Crippen molar-refractivity contribution >= 4 is 63.8 Å². The van der Waals surface area contributed by atoms with Crippen molar-refractivity contribution in [3.05, 3.63) is 55.1 Å². The van der Waals surface area contributed by atoms with E-state index >= 15 is 0 Å². The van der Waals surface area contributed by atoms with E-state index in [-0.39, 0.29) is 35.6 Å². The molecule has 3 N–H and O–H groups in total. The fourth-order valence-corrected chi connectivity index (χ4v) is 3.12. The van der Waals surface area contributed by atoms with Gasteiger partial charge in [0.15, 0.2) is 11.5 Å². The number of nitrogens with one attached hydrogen (secondary N) is 2. The average Bonchev–Trinajstić information content (AvgIpc) is 2.68. The van der Waals surface area contributed by atoms with E-state index in [1.165, 1.54) is 18.3 Å². The zero-order chi connectivity index (χ0) is 21.4. The first-order chi connectivity index (χ1) is 13.8. The summed E-state index contributed by atoms with van der Waals surface area (Å²) in [6.07, 6.45) is 1.48. The van der Waals surface area contributed by atoms with E-state index < -0.39 is 0 Å². The summed E-state index contributed by atoms with van der Waals surface area (Å²) in [5, 5.41) is 17.1. The first-order valence-corrected chi connectivity index (χ1v) is 10.4. The average molecular weight is 550 g/mol. The molecule has 0 atom stereocenters. The number of halogens is 3. The second kappa shape index (κ2) is 11.2. The monoisotopic (exact) mass is 549 g/mol. The Hall–Kier alpha value is -2.04. The number of rotatable bonds is 8. The fraction of sp³-hybridized carbons (Fsp3) is 0.211. The Labute approximate surface area is 191 Å². The highest BCUT2D eigenvalue weighted by molar-refractivity contribution is 14.1. The number of carbonyl (C=O) groups excluding carboxylic acids is 2. The molecule has 0 aromatic heterocycles. The Morgan fingerprint density at radius 3 is 2.69 bits per heavy atom. The topological polar surface area (TPSA) is 100 Å². The van der Waals surface area contributed by atoms with E-state index in [1.807, 2.05) is 29.5 Å². The molecule has 2 aromatic rings. The van der Waals surface area contributed by atoms with Crippen LogP contribution in [0.5, 0.6) is 11.5 Å². The number of hydrazone groups is 1. The molecule has 29 heavy (non-hydrogen) atoms. The highest BCUT2D eigenvalue weighted by Crippen LogP contribution is 2.32. The van der Waals surface area contributed by atoms with Crippen molar-refractivity contribution in [1.82, 2.24) is 10.7 Å². The van der Waals surface area contributed by atoms with Gasteiger partial charge < -0.3 is 15.2 Å². The molecule has 0 saturated heterocycles. The van der Waals surface area contributed by atoms with Crippen LogP contribution in [0.2, 0.25) is 10.0 Å². The molecule has 0 heterocycles. The third-order valence-corrected chi connectivity index (χ3v) is 5.13. The molecule has 0 aliphatic rings. The molecule has 0 radical (unpaired) electrons. The number of amides is 2. The molecule has 10 heteroatoms. The van der Waals surface area contributed by atoms with Gasteiger partial charge in [-0.15, -0.1) is 0 Å². The Morgan fingerprint density at radius 1 is 1.24 bits per heavy atom. The van der Waals surface area contributed by atoms with Gasteiger partial charge >= 0.3 is 0 Å². The predicted octanol–water partition coefficient (Wildman–Crippen LogP) is 3.97. The van der Waals surface area contributed by atoms with Gasteiger partial charge in [-0.1, -0.05) is 23.2 Å². The van der Waals surface area contributed by atoms with Crippen molar-refractivity contribution in [3.8, 4) is 11.5 Å². The lowest BCUT2D eigenvalue weighted by Gasteiger charge is -2.08. The van der Waals surface area contributed by atoms with Crippen LogP contribution in [0.1, 0.15) is 29.3 Å². The summed E-state index contributed by atoms with van der Waals surface area (Å²) in [6, 6.07) is 7.85. The van der Waals surface area contributed by atoms with Crippen LogP contribution >= 0.6 is 45.8 Å². The maximum absolute atomic E-state index is 12.0. The van der Waals surface area contributed by atoms with Crippen molar-refractivity contribution < 1.29 is 19.4 Å². The summed E-state index contributed by atoms with van der Waals surface area (Å²) in [6.45, 7) is 2.36. The summed E-state index contributed by atoms with van der Waals surface area (Å²) in [7, 11) is 0. The van der Waals surface area contributed by atoms with Crippen LogP contribution in [0.4, 0.5) is 0 Å². The van der Waals surface area contributed by atoms with Gasteiger partial charge in [-0.2, -0.15) is 5.10 Å². The maximum atomic E-state index is 12.0. The molecule has 0 spiro atoms. The fourth-order valence-electron chi connectivity index (χ4n) is 2.20. The number of aromatic hydroxyl groups is 1. The second-order valence-electron chi connectivity index (χ2n) is 5.71. The zero-order valence-corrected chi connectivity index (χ0v) is 19.0. The van der Waals surface area contributed by atoms with Crippen molar-refractivity contribution in [1.29, 1.82) is 0 Å². The predicted molar refractivity (Wildman–Crippen MR) is 121 cm³/mol. The van der Waals surface area contributed by atoms with E-state index in [1.54, 1.807) is 18.2 Å². The van der Waals surface area contributed by atoms with Gasteiger partial charge in [-0.25, -0.2) is 5.43 Å². The molecule has 2 rings (SSSR count). The Bertz CT molecular complexity index is 938. The molecular formula is C19H18Cl2IN3O4. The molecule has 2 aromatic carbocycles. The van der Waals surface area contributed by atoms with Gasteiger partial charge in [0.1, 0.15) is 0 Å². The third-order valence-electron chi connectivity index (χ3n) is 3.57. The molecule has 0 bridgehead atoms. The third kappa shape index (κ3) is 7.06. The van der Waals surface area contributed by atoms with E-state index in [0.717, 1.165) is 0 Å². The normalized spacial score (nSPS) is 10.8. The number of carbonyl (C=O) groups is 2. The highest BCUT2D eigenvalue weighted by Gasteiger charge is 2.10. The lowest BCUT2D eigenvalue weighted by Crippen LogP contribution is -2.29. The Morgan fingerprint density at radius 2 is 2.00 bits per heavy atom. The molecule has 0 unspecified atom stereocenters. The standard InChI is InChI=1S/C19H18Cl2IN3O4/c1-2-29-16-8-11(7-15(22)18(16)27)10-24-25-17(26)5-6-23-19(28)12-3-4-13(20)14(21)9-12/h3-4,7-10,27H,2,5-6H2,1H3,(H,23,28)(H,25,26). The van der Waals surface area contributed by atoms with Crippen molar-refractivity contribution in [2.75, 3.05) is 13.2 Å². The van der Waals surface area contributed by atoms with Gasteiger partial charge in [-0.3, -0.25) is 9.59 Å². The molecular weight excluding hydrogens is 532 g/mol. The number of hydrogen-bond acceptors (Lipinski definition) is 5. The Balaban J connectivity index is 1.82. The number of phenolic OH excluding ortho intramolecular Hbond substituents is 1. The number of benzene rings is 2. The van der Waals surface area contributed by atoms with Crippen LogP contribution < -0.4 is 15.5 Å². The number of phenols is 1. The minimum Gasteiger partial charge on any atom is -0.504 e. The van der Waals surface area contributed by atoms with Crippen LogP contribution in [-0.4, -0.2) is 36.3 Å². The SMILES string of the molecule is CCOc1cc(C=NNC(=O)CCNC(=O)c2ccc(Cl)c(Cl)c2)cc(I)c1O. The molecule has 154 valence electrons. The molecule has 7 nitrogen and oxygen atoms in total. The van der Waals surface area contributed by atoms with E-state index in [4.69, 9.17) is 27.9 Å². The minimum absolute atomic E-state index is 0.0434. The summed E-state index contributed by atoms with van der Waals surface area (Å²) >= 11 is 13.7. The summed E-state index contributed by atoms with van der Waals surface area (Å²) in [5.41, 5.74) is 3.39. The molecule has 0 saturated carbocycles. The van der Waals surface area contributed by atoms with Crippen molar-refractivity contribution in [2.45, 2.75) is 13.3 Å². The van der Waals surface area contributed by atoms with Crippen LogP contribution in [-0.2, 0) is 4.79 Å².